The van der Waals surface area contributed by atoms with Gasteiger partial charge in [0.25, 0.3) is 5.91 Å². The minimum absolute atomic E-state index is 0.0421. The number of hydrogen-bond acceptors (Lipinski definition) is 4. The quantitative estimate of drug-likeness (QED) is 0.679. The van der Waals surface area contributed by atoms with Crippen LogP contribution in [0, 0.1) is 0 Å². The molecule has 26 heavy (non-hydrogen) atoms. The Labute approximate surface area is 151 Å². The molecule has 3 aromatic rings. The molecule has 0 aliphatic carbocycles. The van der Waals surface area contributed by atoms with Gasteiger partial charge in [-0.3, -0.25) is 9.59 Å². The van der Waals surface area contributed by atoms with Gasteiger partial charge in [-0.05, 0) is 31.5 Å². The van der Waals surface area contributed by atoms with Crippen molar-refractivity contribution in [2.75, 3.05) is 19.7 Å². The summed E-state index contributed by atoms with van der Waals surface area (Å²) in [7, 11) is 0. The van der Waals surface area contributed by atoms with Crippen LogP contribution in [0.5, 0.6) is 5.75 Å². The lowest BCUT2D eigenvalue weighted by Crippen LogP contribution is -2.34. The van der Waals surface area contributed by atoms with Crippen molar-refractivity contribution in [3.63, 3.8) is 0 Å². The highest BCUT2D eigenvalue weighted by atomic mass is 16.5. The van der Waals surface area contributed by atoms with E-state index in [2.05, 4.69) is 0 Å². The van der Waals surface area contributed by atoms with E-state index in [0.29, 0.717) is 35.4 Å². The molecule has 0 aliphatic heterocycles. The minimum Gasteiger partial charge on any atom is -0.484 e. The van der Waals surface area contributed by atoms with Crippen LogP contribution >= 0.6 is 0 Å². The van der Waals surface area contributed by atoms with Gasteiger partial charge >= 0.3 is 0 Å². The fourth-order valence-corrected chi connectivity index (χ4v) is 2.83. The van der Waals surface area contributed by atoms with Crippen molar-refractivity contribution in [1.29, 1.82) is 0 Å². The predicted octanol–water partition coefficient (Wildman–Crippen LogP) is 3.71. The van der Waals surface area contributed by atoms with Gasteiger partial charge in [0.05, 0.1) is 10.9 Å². The summed E-state index contributed by atoms with van der Waals surface area (Å²) in [5.41, 5.74) is 1.67. The number of fused-ring (bicyclic) bond motifs is 1. The lowest BCUT2D eigenvalue weighted by molar-refractivity contribution is -0.132. The van der Waals surface area contributed by atoms with Crippen molar-refractivity contribution in [2.24, 2.45) is 0 Å². The highest BCUT2D eigenvalue weighted by Gasteiger charge is 2.12. The number of likely N-dealkylation sites (N-methyl/N-ethyl adjacent to an activating group) is 1. The number of amides is 1. The second-order valence-corrected chi connectivity index (χ2v) is 5.86. The summed E-state index contributed by atoms with van der Waals surface area (Å²) in [6, 6.07) is 14.4. The molecule has 0 N–H and O–H groups in total. The van der Waals surface area contributed by atoms with Gasteiger partial charge in [0.15, 0.2) is 12.0 Å². The zero-order chi connectivity index (χ0) is 18.5. The van der Waals surface area contributed by atoms with Gasteiger partial charge in [-0.25, -0.2) is 0 Å². The summed E-state index contributed by atoms with van der Waals surface area (Å²) >= 11 is 0. The largest absolute Gasteiger partial charge is 0.484 e. The number of nitrogens with zero attached hydrogens (tertiary/aromatic N) is 1. The number of ether oxygens (including phenoxy) is 1. The average Bonchev–Trinajstić information content (AvgIpc) is 2.68. The molecule has 134 valence electrons. The first-order chi connectivity index (χ1) is 12.6. The molecular weight excluding hydrogens is 330 g/mol. The lowest BCUT2D eigenvalue weighted by atomic mass is 10.1. The Morgan fingerprint density at radius 2 is 1.81 bits per heavy atom. The van der Waals surface area contributed by atoms with Crippen molar-refractivity contribution >= 4 is 16.9 Å². The van der Waals surface area contributed by atoms with Crippen LogP contribution in [0.15, 0.2) is 64.0 Å². The maximum Gasteiger partial charge on any atom is 0.260 e. The topological polar surface area (TPSA) is 59.8 Å². The fraction of sp³-hybridized carbons (Fsp3) is 0.238. The van der Waals surface area contributed by atoms with E-state index in [4.69, 9.17) is 9.15 Å². The normalized spacial score (nSPS) is 10.7. The Morgan fingerprint density at radius 3 is 2.50 bits per heavy atom. The van der Waals surface area contributed by atoms with Crippen LogP contribution in [0.2, 0.25) is 0 Å². The van der Waals surface area contributed by atoms with Crippen LogP contribution in [0.3, 0.4) is 0 Å². The standard InChI is InChI=1S/C21H21NO4/c1-3-22(4-2)20(23)14-25-16-10-11-17-19(12-16)26-13-18(21(17)24)15-8-6-5-7-9-15/h5-13H,3-4,14H2,1-2H3. The van der Waals surface area contributed by atoms with Gasteiger partial charge in [0, 0.05) is 19.2 Å². The highest BCUT2D eigenvalue weighted by molar-refractivity contribution is 5.83. The van der Waals surface area contributed by atoms with Crippen LogP contribution in [0.1, 0.15) is 13.8 Å². The Balaban J connectivity index is 1.84. The fourth-order valence-electron chi connectivity index (χ4n) is 2.83. The second-order valence-electron chi connectivity index (χ2n) is 5.86. The monoisotopic (exact) mass is 351 g/mol. The third kappa shape index (κ3) is 3.61. The molecule has 0 aliphatic rings. The molecule has 2 aromatic carbocycles. The Hall–Kier alpha value is -3.08. The first-order valence-electron chi connectivity index (χ1n) is 8.65. The van der Waals surface area contributed by atoms with Gasteiger partial charge in [0.1, 0.15) is 17.6 Å². The van der Waals surface area contributed by atoms with Crippen LogP contribution in [-0.2, 0) is 4.79 Å². The van der Waals surface area contributed by atoms with Crippen LogP contribution in [0.4, 0.5) is 0 Å². The van der Waals surface area contributed by atoms with Gasteiger partial charge < -0.3 is 14.1 Å². The molecule has 5 heteroatoms. The summed E-state index contributed by atoms with van der Waals surface area (Å²) in [5, 5.41) is 0.480. The molecule has 0 saturated heterocycles. The Bertz CT molecular complexity index is 959. The molecule has 0 spiro atoms. The lowest BCUT2D eigenvalue weighted by Gasteiger charge is -2.18. The number of carbonyl (C=O) groups is 1. The minimum atomic E-state index is -0.0942. The summed E-state index contributed by atoms with van der Waals surface area (Å²) in [4.78, 5) is 26.4. The molecule has 0 bridgehead atoms. The Morgan fingerprint density at radius 1 is 1.08 bits per heavy atom. The summed E-state index contributed by atoms with van der Waals surface area (Å²) in [6.07, 6.45) is 1.46. The van der Waals surface area contributed by atoms with Crippen molar-refractivity contribution in [3.8, 4) is 16.9 Å². The average molecular weight is 351 g/mol. The number of hydrogen-bond donors (Lipinski definition) is 0. The van der Waals surface area contributed by atoms with Crippen LogP contribution in [0.25, 0.3) is 22.1 Å². The highest BCUT2D eigenvalue weighted by Crippen LogP contribution is 2.23. The molecule has 0 fully saturated rings. The van der Waals surface area contributed by atoms with Crippen molar-refractivity contribution in [3.05, 3.63) is 65.0 Å². The van der Waals surface area contributed by atoms with Crippen molar-refractivity contribution in [1.82, 2.24) is 4.90 Å². The van der Waals surface area contributed by atoms with Crippen LogP contribution < -0.4 is 10.2 Å². The molecule has 1 aromatic heterocycles. The molecule has 1 heterocycles. The summed E-state index contributed by atoms with van der Waals surface area (Å²) in [5.74, 6) is 0.421. The second kappa shape index (κ2) is 7.87. The van der Waals surface area contributed by atoms with E-state index in [0.717, 1.165) is 5.56 Å². The van der Waals surface area contributed by atoms with E-state index >= 15 is 0 Å². The van der Waals surface area contributed by atoms with E-state index in [-0.39, 0.29) is 17.9 Å². The smallest absolute Gasteiger partial charge is 0.260 e. The van der Waals surface area contributed by atoms with Gasteiger partial charge in [-0.2, -0.15) is 0 Å². The molecule has 0 radical (unpaired) electrons. The number of benzene rings is 2. The maximum absolute atomic E-state index is 12.7. The number of rotatable bonds is 6. The molecule has 3 rings (SSSR count). The first kappa shape index (κ1) is 17.7. The molecular formula is C21H21NO4. The molecule has 0 saturated carbocycles. The maximum atomic E-state index is 12.7. The summed E-state index contributed by atoms with van der Waals surface area (Å²) < 4.78 is 11.2. The van der Waals surface area contributed by atoms with Crippen molar-refractivity contribution in [2.45, 2.75) is 13.8 Å². The SMILES string of the molecule is CCN(CC)C(=O)COc1ccc2c(=O)c(-c3ccccc3)coc2c1. The molecule has 0 unspecified atom stereocenters. The van der Waals surface area contributed by atoms with Gasteiger partial charge in [0.2, 0.25) is 0 Å². The van der Waals surface area contributed by atoms with E-state index < -0.39 is 0 Å². The van der Waals surface area contributed by atoms with E-state index in [1.807, 2.05) is 44.2 Å². The Kier molecular flexibility index (Phi) is 5.37. The third-order valence-electron chi connectivity index (χ3n) is 4.31. The third-order valence-corrected chi connectivity index (χ3v) is 4.31. The zero-order valence-corrected chi connectivity index (χ0v) is 14.9. The van der Waals surface area contributed by atoms with Gasteiger partial charge in [-0.1, -0.05) is 30.3 Å². The van der Waals surface area contributed by atoms with Gasteiger partial charge in [-0.15, -0.1) is 0 Å². The molecule has 5 nitrogen and oxygen atoms in total. The van der Waals surface area contributed by atoms with E-state index in [1.165, 1.54) is 6.26 Å². The molecule has 0 atom stereocenters. The van der Waals surface area contributed by atoms with Crippen molar-refractivity contribution < 1.29 is 13.9 Å². The summed E-state index contributed by atoms with van der Waals surface area (Å²) in [6.45, 7) is 5.10. The van der Waals surface area contributed by atoms with E-state index in [9.17, 15) is 9.59 Å². The van der Waals surface area contributed by atoms with E-state index in [1.54, 1.807) is 23.1 Å². The number of carbonyl (C=O) groups excluding carboxylic acids is 1. The first-order valence-corrected chi connectivity index (χ1v) is 8.65. The predicted molar refractivity (Wildman–Crippen MR) is 101 cm³/mol. The molecule has 1 amide bonds. The zero-order valence-electron chi connectivity index (χ0n) is 14.9. The van der Waals surface area contributed by atoms with Crippen LogP contribution in [-0.4, -0.2) is 30.5 Å².